The molecule has 0 spiro atoms. The van der Waals surface area contributed by atoms with Gasteiger partial charge in [-0.15, -0.1) is 0 Å². The van der Waals surface area contributed by atoms with E-state index in [1.165, 1.54) is 11.1 Å². The number of hydrogen-bond donors (Lipinski definition) is 1. The van der Waals surface area contributed by atoms with Crippen LogP contribution in [0.2, 0.25) is 5.02 Å². The lowest BCUT2D eigenvalue weighted by Gasteiger charge is -2.20. The van der Waals surface area contributed by atoms with Crippen molar-refractivity contribution >= 4 is 11.6 Å². The van der Waals surface area contributed by atoms with Crippen LogP contribution in [0.1, 0.15) is 43.0 Å². The van der Waals surface area contributed by atoms with Gasteiger partial charge >= 0.3 is 0 Å². The number of aryl methyl sites for hydroxylation is 1. The van der Waals surface area contributed by atoms with Gasteiger partial charge in [-0.05, 0) is 44.0 Å². The summed E-state index contributed by atoms with van der Waals surface area (Å²) in [6.07, 6.45) is 5.14. The van der Waals surface area contributed by atoms with Crippen LogP contribution in [0.25, 0.3) is 0 Å². The van der Waals surface area contributed by atoms with E-state index < -0.39 is 0 Å². The van der Waals surface area contributed by atoms with Crippen LogP contribution in [0.4, 0.5) is 0 Å². The van der Waals surface area contributed by atoms with Gasteiger partial charge in [-0.3, -0.25) is 4.68 Å². The van der Waals surface area contributed by atoms with E-state index in [0.717, 1.165) is 30.1 Å². The van der Waals surface area contributed by atoms with Crippen LogP contribution >= 0.6 is 11.6 Å². The van der Waals surface area contributed by atoms with Crippen molar-refractivity contribution in [1.29, 1.82) is 0 Å². The Labute approximate surface area is 126 Å². The van der Waals surface area contributed by atoms with Crippen molar-refractivity contribution in [3.63, 3.8) is 0 Å². The first-order valence-corrected chi connectivity index (χ1v) is 7.55. The van der Waals surface area contributed by atoms with Crippen LogP contribution in [0, 0.1) is 6.92 Å². The maximum atomic E-state index is 6.26. The second-order valence-corrected chi connectivity index (χ2v) is 5.38. The van der Waals surface area contributed by atoms with Gasteiger partial charge in [0.15, 0.2) is 0 Å². The number of aromatic nitrogens is 2. The van der Waals surface area contributed by atoms with E-state index in [-0.39, 0.29) is 6.04 Å². The first-order valence-electron chi connectivity index (χ1n) is 7.18. The maximum Gasteiger partial charge on any atom is 0.0611 e. The fourth-order valence-corrected chi connectivity index (χ4v) is 2.52. The summed E-state index contributed by atoms with van der Waals surface area (Å²) in [7, 11) is 0. The van der Waals surface area contributed by atoms with Crippen molar-refractivity contribution < 1.29 is 0 Å². The Hall–Kier alpha value is -1.32. The van der Waals surface area contributed by atoms with Crippen molar-refractivity contribution in [2.24, 2.45) is 0 Å². The molecule has 1 aromatic heterocycles. The van der Waals surface area contributed by atoms with Crippen LogP contribution in [-0.2, 0) is 6.54 Å². The third-order valence-corrected chi connectivity index (χ3v) is 3.94. The third kappa shape index (κ3) is 3.22. The first-order chi connectivity index (χ1) is 9.67. The zero-order valence-corrected chi connectivity index (χ0v) is 13.1. The van der Waals surface area contributed by atoms with Crippen molar-refractivity contribution in [2.45, 2.75) is 39.8 Å². The molecule has 1 aromatic carbocycles. The van der Waals surface area contributed by atoms with Crippen LogP contribution in [-0.4, -0.2) is 16.3 Å². The molecular formula is C16H22ClN3. The van der Waals surface area contributed by atoms with Gasteiger partial charge < -0.3 is 5.32 Å². The van der Waals surface area contributed by atoms with Crippen LogP contribution in [0.5, 0.6) is 0 Å². The molecule has 1 N–H and O–H groups in total. The Morgan fingerprint density at radius 3 is 2.80 bits per heavy atom. The molecule has 2 aromatic rings. The molecule has 3 nitrogen and oxygen atoms in total. The molecule has 0 saturated carbocycles. The Kier molecular flexibility index (Phi) is 5.21. The monoisotopic (exact) mass is 291 g/mol. The third-order valence-electron chi connectivity index (χ3n) is 3.53. The average molecular weight is 292 g/mol. The van der Waals surface area contributed by atoms with Gasteiger partial charge in [-0.25, -0.2) is 0 Å². The molecule has 1 heterocycles. The van der Waals surface area contributed by atoms with E-state index in [1.54, 1.807) is 0 Å². The van der Waals surface area contributed by atoms with E-state index in [1.807, 2.05) is 23.0 Å². The van der Waals surface area contributed by atoms with Crippen LogP contribution in [0.15, 0.2) is 30.6 Å². The van der Waals surface area contributed by atoms with Gasteiger partial charge in [0.05, 0.1) is 12.2 Å². The van der Waals surface area contributed by atoms with Crippen molar-refractivity contribution in [2.75, 3.05) is 6.54 Å². The summed E-state index contributed by atoms with van der Waals surface area (Å²) in [5.41, 5.74) is 3.54. The first kappa shape index (κ1) is 15.1. The summed E-state index contributed by atoms with van der Waals surface area (Å²) < 4.78 is 1.95. The van der Waals surface area contributed by atoms with Gasteiger partial charge in [-0.2, -0.15) is 5.10 Å². The minimum atomic E-state index is 0.147. The highest BCUT2D eigenvalue weighted by Crippen LogP contribution is 2.28. The second kappa shape index (κ2) is 6.91. The predicted molar refractivity (Wildman–Crippen MR) is 84.2 cm³/mol. The number of nitrogens with one attached hydrogen (secondary N) is 1. The smallest absolute Gasteiger partial charge is 0.0611 e. The van der Waals surface area contributed by atoms with E-state index in [2.05, 4.69) is 43.4 Å². The summed E-state index contributed by atoms with van der Waals surface area (Å²) in [6, 6.07) is 6.23. The Bertz CT molecular complexity index is 563. The molecule has 0 amide bonds. The van der Waals surface area contributed by atoms with Crippen LogP contribution < -0.4 is 5.32 Å². The zero-order valence-electron chi connectivity index (χ0n) is 12.4. The highest BCUT2D eigenvalue weighted by Gasteiger charge is 2.18. The number of hydrogen-bond acceptors (Lipinski definition) is 2. The maximum absolute atomic E-state index is 6.26. The van der Waals surface area contributed by atoms with Gasteiger partial charge in [0.25, 0.3) is 0 Å². The van der Waals surface area contributed by atoms with Crippen molar-refractivity contribution in [1.82, 2.24) is 15.1 Å². The summed E-state index contributed by atoms with van der Waals surface area (Å²) in [5.74, 6) is 0. The fraction of sp³-hybridized carbons (Fsp3) is 0.438. The number of nitrogens with zero attached hydrogens (tertiary/aromatic N) is 2. The molecule has 4 heteroatoms. The Morgan fingerprint density at radius 1 is 1.35 bits per heavy atom. The van der Waals surface area contributed by atoms with E-state index in [4.69, 9.17) is 11.6 Å². The molecule has 0 aliphatic carbocycles. The molecule has 0 aliphatic heterocycles. The molecule has 0 aliphatic rings. The summed E-state index contributed by atoms with van der Waals surface area (Å²) in [4.78, 5) is 0. The summed E-state index contributed by atoms with van der Waals surface area (Å²) in [5, 5.41) is 8.79. The van der Waals surface area contributed by atoms with E-state index in [0.29, 0.717) is 0 Å². The highest BCUT2D eigenvalue weighted by molar-refractivity contribution is 6.31. The number of benzene rings is 1. The molecule has 0 bridgehead atoms. The topological polar surface area (TPSA) is 29.9 Å². The number of rotatable bonds is 6. The SMILES string of the molecule is CCCNC(c1cnn(CC)c1)c1cccc(Cl)c1C. The zero-order chi connectivity index (χ0) is 14.5. The average Bonchev–Trinajstić information content (AvgIpc) is 2.92. The predicted octanol–water partition coefficient (Wildman–Crippen LogP) is 3.95. The lowest BCUT2D eigenvalue weighted by Crippen LogP contribution is -2.23. The standard InChI is InChI=1S/C16H22ClN3/c1-4-9-18-16(13-10-19-20(5-2)11-13)14-7-6-8-15(17)12(14)3/h6-8,10-11,16,18H,4-5,9H2,1-3H3. The van der Waals surface area contributed by atoms with Gasteiger partial charge in [0.2, 0.25) is 0 Å². The minimum Gasteiger partial charge on any atom is -0.306 e. The fourth-order valence-electron chi connectivity index (χ4n) is 2.33. The molecule has 1 unspecified atom stereocenters. The molecule has 1 atom stereocenters. The van der Waals surface area contributed by atoms with Crippen molar-refractivity contribution in [3.8, 4) is 0 Å². The lowest BCUT2D eigenvalue weighted by atomic mass is 9.97. The molecule has 108 valence electrons. The van der Waals surface area contributed by atoms with Gasteiger partial charge in [0.1, 0.15) is 0 Å². The Morgan fingerprint density at radius 2 is 2.15 bits per heavy atom. The normalized spacial score (nSPS) is 12.6. The Balaban J connectivity index is 2.38. The van der Waals surface area contributed by atoms with Crippen molar-refractivity contribution in [3.05, 3.63) is 52.3 Å². The molecule has 0 fully saturated rings. The van der Waals surface area contributed by atoms with Crippen LogP contribution in [0.3, 0.4) is 0 Å². The highest BCUT2D eigenvalue weighted by atomic mass is 35.5. The van der Waals surface area contributed by atoms with Gasteiger partial charge in [-0.1, -0.05) is 30.7 Å². The number of halogens is 1. The summed E-state index contributed by atoms with van der Waals surface area (Å²) >= 11 is 6.26. The molecule has 2 rings (SSSR count). The molecule has 0 radical (unpaired) electrons. The van der Waals surface area contributed by atoms with E-state index in [9.17, 15) is 0 Å². The van der Waals surface area contributed by atoms with E-state index >= 15 is 0 Å². The second-order valence-electron chi connectivity index (χ2n) is 4.97. The molecule has 0 saturated heterocycles. The summed E-state index contributed by atoms with van der Waals surface area (Å²) in [6.45, 7) is 8.19. The molecular weight excluding hydrogens is 270 g/mol. The van der Waals surface area contributed by atoms with Gasteiger partial charge in [0, 0.05) is 23.3 Å². The largest absolute Gasteiger partial charge is 0.306 e. The molecule has 20 heavy (non-hydrogen) atoms. The minimum absolute atomic E-state index is 0.147. The lowest BCUT2D eigenvalue weighted by molar-refractivity contribution is 0.594. The quantitative estimate of drug-likeness (QED) is 0.873.